The second-order valence-electron chi connectivity index (χ2n) is 7.95. The molecule has 4 rings (SSSR count). The zero-order valence-corrected chi connectivity index (χ0v) is 15.5. The smallest absolute Gasteiger partial charge is 0.317 e. The number of amides is 2. The van der Waals surface area contributed by atoms with E-state index < -0.39 is 11.9 Å². The highest BCUT2D eigenvalue weighted by Crippen LogP contribution is 2.43. The fraction of sp³-hybridized carbons (Fsp3) is 0.600. The van der Waals surface area contributed by atoms with Crippen LogP contribution in [-0.2, 0) is 4.79 Å². The summed E-state index contributed by atoms with van der Waals surface area (Å²) in [6.07, 6.45) is 2.77. The third kappa shape index (κ3) is 3.96. The Balaban J connectivity index is 1.48. The molecule has 1 aromatic rings. The number of fused-ring (bicyclic) bond motifs is 1. The molecule has 2 heterocycles. The van der Waals surface area contributed by atoms with E-state index in [4.69, 9.17) is 9.47 Å². The predicted molar refractivity (Wildman–Crippen MR) is 97.9 cm³/mol. The van der Waals surface area contributed by atoms with Crippen LogP contribution in [0.25, 0.3) is 0 Å². The number of likely N-dealkylation sites (tertiary alicyclic amines) is 1. The van der Waals surface area contributed by atoms with Crippen LogP contribution in [0.4, 0.5) is 4.79 Å². The van der Waals surface area contributed by atoms with E-state index in [9.17, 15) is 14.7 Å². The van der Waals surface area contributed by atoms with Crippen LogP contribution in [0.15, 0.2) is 18.2 Å². The van der Waals surface area contributed by atoms with Crippen LogP contribution < -0.4 is 14.8 Å². The minimum absolute atomic E-state index is 0.0890. The van der Waals surface area contributed by atoms with Crippen molar-refractivity contribution in [3.63, 3.8) is 0 Å². The van der Waals surface area contributed by atoms with E-state index in [0.29, 0.717) is 32.1 Å². The van der Waals surface area contributed by atoms with Crippen molar-refractivity contribution in [2.24, 2.45) is 17.8 Å². The first-order chi connectivity index (χ1) is 13.0. The first kappa shape index (κ1) is 17.9. The van der Waals surface area contributed by atoms with Gasteiger partial charge < -0.3 is 24.8 Å². The van der Waals surface area contributed by atoms with Gasteiger partial charge in [0.1, 0.15) is 13.2 Å². The zero-order valence-electron chi connectivity index (χ0n) is 15.5. The number of rotatable bonds is 4. The summed E-state index contributed by atoms with van der Waals surface area (Å²) in [5.41, 5.74) is 1.01. The molecular weight excluding hydrogens is 348 g/mol. The molecule has 3 atom stereocenters. The van der Waals surface area contributed by atoms with Gasteiger partial charge in [0.05, 0.1) is 12.0 Å². The molecule has 7 nitrogen and oxygen atoms in total. The maximum Gasteiger partial charge on any atom is 0.317 e. The SMILES string of the molecule is CC1CC(C(=O)O)CN(C(=O)NC(c2ccc3c(c2)OCCO3)C2CC2)C1. The topological polar surface area (TPSA) is 88.1 Å². The summed E-state index contributed by atoms with van der Waals surface area (Å²) in [6, 6.07) is 5.56. The maximum absolute atomic E-state index is 12.9. The molecule has 2 N–H and O–H groups in total. The number of urea groups is 1. The van der Waals surface area contributed by atoms with Crippen molar-refractivity contribution in [2.75, 3.05) is 26.3 Å². The molecule has 2 fully saturated rings. The number of hydrogen-bond donors (Lipinski definition) is 2. The Kier molecular flexibility index (Phi) is 4.85. The van der Waals surface area contributed by atoms with Crippen molar-refractivity contribution in [2.45, 2.75) is 32.2 Å². The Labute approximate surface area is 158 Å². The lowest BCUT2D eigenvalue weighted by Gasteiger charge is -2.35. The number of carbonyl (C=O) groups is 2. The van der Waals surface area contributed by atoms with E-state index in [1.165, 1.54) is 0 Å². The summed E-state index contributed by atoms with van der Waals surface area (Å²) in [4.78, 5) is 25.9. The Morgan fingerprint density at radius 2 is 1.93 bits per heavy atom. The Morgan fingerprint density at radius 1 is 1.19 bits per heavy atom. The highest BCUT2D eigenvalue weighted by atomic mass is 16.6. The lowest BCUT2D eigenvalue weighted by Crippen LogP contribution is -2.50. The van der Waals surface area contributed by atoms with Crippen LogP contribution in [0.1, 0.15) is 37.8 Å². The summed E-state index contributed by atoms with van der Waals surface area (Å²) in [5.74, 6) is 0.725. The normalized spacial score (nSPS) is 25.6. The number of nitrogens with zero attached hydrogens (tertiary/aromatic N) is 1. The van der Waals surface area contributed by atoms with Gasteiger partial charge in [-0.1, -0.05) is 13.0 Å². The van der Waals surface area contributed by atoms with Crippen LogP contribution >= 0.6 is 0 Å². The number of carbonyl (C=O) groups excluding carboxylic acids is 1. The van der Waals surface area contributed by atoms with Crippen LogP contribution in [0.3, 0.4) is 0 Å². The minimum Gasteiger partial charge on any atom is -0.486 e. The molecule has 1 aromatic carbocycles. The molecule has 3 aliphatic rings. The van der Waals surface area contributed by atoms with Crippen molar-refractivity contribution in [3.8, 4) is 11.5 Å². The summed E-state index contributed by atoms with van der Waals surface area (Å²) < 4.78 is 11.3. The second kappa shape index (κ2) is 7.29. The molecule has 1 aliphatic carbocycles. The number of benzene rings is 1. The van der Waals surface area contributed by atoms with Gasteiger partial charge in [-0.2, -0.15) is 0 Å². The number of aliphatic carboxylic acids is 1. The third-order valence-electron chi connectivity index (χ3n) is 5.59. The van der Waals surface area contributed by atoms with Crippen molar-refractivity contribution in [3.05, 3.63) is 23.8 Å². The highest BCUT2D eigenvalue weighted by Gasteiger charge is 2.37. The number of carboxylic acids is 1. The van der Waals surface area contributed by atoms with E-state index in [0.717, 1.165) is 29.9 Å². The largest absolute Gasteiger partial charge is 0.486 e. The molecule has 27 heavy (non-hydrogen) atoms. The fourth-order valence-electron chi connectivity index (χ4n) is 4.08. The number of ether oxygens (including phenoxy) is 2. The molecule has 7 heteroatoms. The van der Waals surface area contributed by atoms with E-state index >= 15 is 0 Å². The van der Waals surface area contributed by atoms with E-state index in [2.05, 4.69) is 5.32 Å². The minimum atomic E-state index is -0.829. The molecule has 0 bridgehead atoms. The van der Waals surface area contributed by atoms with Gasteiger partial charge in [0, 0.05) is 13.1 Å². The van der Waals surface area contributed by atoms with Crippen LogP contribution in [0.2, 0.25) is 0 Å². The molecule has 146 valence electrons. The van der Waals surface area contributed by atoms with Crippen molar-refractivity contribution in [1.82, 2.24) is 10.2 Å². The summed E-state index contributed by atoms with van der Waals surface area (Å²) >= 11 is 0. The number of hydrogen-bond acceptors (Lipinski definition) is 4. The molecule has 0 aromatic heterocycles. The summed E-state index contributed by atoms with van der Waals surface area (Å²) in [5, 5.41) is 12.5. The molecule has 0 radical (unpaired) electrons. The first-order valence-electron chi connectivity index (χ1n) is 9.69. The first-order valence-corrected chi connectivity index (χ1v) is 9.69. The highest BCUT2D eigenvalue weighted by molar-refractivity contribution is 5.77. The van der Waals surface area contributed by atoms with Gasteiger partial charge >= 0.3 is 12.0 Å². The molecule has 1 saturated heterocycles. The van der Waals surface area contributed by atoms with Gasteiger partial charge in [0.2, 0.25) is 0 Å². The average Bonchev–Trinajstić information content (AvgIpc) is 3.50. The van der Waals surface area contributed by atoms with E-state index in [1.54, 1.807) is 4.90 Å². The van der Waals surface area contributed by atoms with E-state index in [1.807, 2.05) is 25.1 Å². The Hall–Kier alpha value is -2.44. The van der Waals surface area contributed by atoms with Crippen LogP contribution in [0, 0.1) is 17.8 Å². The third-order valence-corrected chi connectivity index (χ3v) is 5.59. The monoisotopic (exact) mass is 374 g/mol. The van der Waals surface area contributed by atoms with Gasteiger partial charge in [0.25, 0.3) is 0 Å². The second-order valence-corrected chi connectivity index (χ2v) is 7.95. The summed E-state index contributed by atoms with van der Waals surface area (Å²) in [6.45, 7) is 3.93. The number of piperidine rings is 1. The number of carboxylic acid groups (broad SMARTS) is 1. The predicted octanol–water partition coefficient (Wildman–Crippen LogP) is 2.66. The van der Waals surface area contributed by atoms with Crippen LogP contribution in [0.5, 0.6) is 11.5 Å². The van der Waals surface area contributed by atoms with E-state index in [-0.39, 0.29) is 24.5 Å². The Morgan fingerprint density at radius 3 is 2.63 bits per heavy atom. The van der Waals surface area contributed by atoms with Crippen molar-refractivity contribution in [1.29, 1.82) is 0 Å². The molecular formula is C20H26N2O5. The molecule has 2 amide bonds. The van der Waals surface area contributed by atoms with Gasteiger partial charge in [-0.3, -0.25) is 4.79 Å². The lowest BCUT2D eigenvalue weighted by atomic mass is 9.90. The number of nitrogens with one attached hydrogen (secondary N) is 1. The lowest BCUT2D eigenvalue weighted by molar-refractivity contribution is -0.143. The van der Waals surface area contributed by atoms with Crippen molar-refractivity contribution >= 4 is 12.0 Å². The fourth-order valence-corrected chi connectivity index (χ4v) is 4.08. The maximum atomic E-state index is 12.9. The van der Waals surface area contributed by atoms with Gasteiger partial charge in [-0.15, -0.1) is 0 Å². The molecule has 1 saturated carbocycles. The molecule has 2 aliphatic heterocycles. The van der Waals surface area contributed by atoms with Gasteiger partial charge in [-0.05, 0) is 48.8 Å². The molecule has 0 spiro atoms. The summed E-state index contributed by atoms with van der Waals surface area (Å²) in [7, 11) is 0. The van der Waals surface area contributed by atoms with Gasteiger partial charge in [-0.25, -0.2) is 4.79 Å². The Bertz CT molecular complexity index is 733. The van der Waals surface area contributed by atoms with Gasteiger partial charge in [0.15, 0.2) is 11.5 Å². The standard InChI is InChI=1S/C20H26N2O5/c1-12-8-15(19(23)24)11-22(10-12)20(25)21-18(13-2-3-13)14-4-5-16-17(9-14)27-7-6-26-16/h4-5,9,12-13,15,18H,2-3,6-8,10-11H2,1H3,(H,21,25)(H,23,24). The molecule has 3 unspecified atom stereocenters. The van der Waals surface area contributed by atoms with Crippen LogP contribution in [-0.4, -0.2) is 48.3 Å². The van der Waals surface area contributed by atoms with Crippen molar-refractivity contribution < 1.29 is 24.2 Å². The average molecular weight is 374 g/mol. The quantitative estimate of drug-likeness (QED) is 0.846. The zero-order chi connectivity index (χ0) is 19.0.